The number of H-pyrrole nitrogens is 1. The maximum atomic E-state index is 12.4. The van der Waals surface area contributed by atoms with Crippen molar-refractivity contribution in [1.82, 2.24) is 19.9 Å². The van der Waals surface area contributed by atoms with E-state index in [1.165, 1.54) is 6.33 Å². The van der Waals surface area contributed by atoms with Crippen molar-refractivity contribution in [3.63, 3.8) is 0 Å². The highest BCUT2D eigenvalue weighted by Gasteiger charge is 2.28. The number of aromatic amines is 1. The normalized spacial score (nSPS) is 16.2. The fraction of sp³-hybridized carbons (Fsp3) is 0.529. The molecule has 134 valence electrons. The summed E-state index contributed by atoms with van der Waals surface area (Å²) in [5.74, 6) is 0.0584. The summed E-state index contributed by atoms with van der Waals surface area (Å²) in [6, 6.07) is 1.77. The van der Waals surface area contributed by atoms with E-state index in [0.29, 0.717) is 47.7 Å². The van der Waals surface area contributed by atoms with Crippen molar-refractivity contribution in [2.45, 2.75) is 45.1 Å². The molecule has 0 unspecified atom stereocenters. The number of amides is 1. The molecule has 3 heterocycles. The number of fused-ring (bicyclic) bond motifs is 1. The Hall–Kier alpha value is -2.15. The molecule has 1 N–H and O–H groups in total. The van der Waals surface area contributed by atoms with Gasteiger partial charge in [-0.05, 0) is 45.6 Å². The second-order valence-corrected chi connectivity index (χ2v) is 7.58. The fourth-order valence-electron chi connectivity index (χ4n) is 3.01. The van der Waals surface area contributed by atoms with Crippen LogP contribution in [0.15, 0.2) is 17.2 Å². The topological polar surface area (TPSA) is 88.2 Å². The third-order valence-electron chi connectivity index (χ3n) is 4.22. The van der Waals surface area contributed by atoms with E-state index in [4.69, 9.17) is 16.3 Å². The maximum Gasteiger partial charge on any atom is 0.410 e. The highest BCUT2D eigenvalue weighted by Crippen LogP contribution is 2.29. The molecule has 2 aromatic rings. The molecule has 0 aliphatic carbocycles. The summed E-state index contributed by atoms with van der Waals surface area (Å²) in [6.07, 6.45) is 2.40. The zero-order valence-electron chi connectivity index (χ0n) is 14.5. The Morgan fingerprint density at radius 2 is 2.00 bits per heavy atom. The second kappa shape index (κ2) is 6.63. The number of ether oxygens (including phenoxy) is 1. The van der Waals surface area contributed by atoms with Crippen LogP contribution in [0.2, 0.25) is 5.15 Å². The number of rotatable bonds is 1. The fourth-order valence-corrected chi connectivity index (χ4v) is 3.19. The van der Waals surface area contributed by atoms with Gasteiger partial charge < -0.3 is 14.6 Å². The first kappa shape index (κ1) is 17.7. The molecule has 0 spiro atoms. The Bertz CT molecular complexity index is 851. The van der Waals surface area contributed by atoms with Crippen molar-refractivity contribution in [3.8, 4) is 0 Å². The molecule has 7 nitrogen and oxygen atoms in total. The molecule has 0 bridgehead atoms. The molecular formula is C17H21ClN4O3. The zero-order valence-corrected chi connectivity index (χ0v) is 15.3. The molecule has 1 saturated heterocycles. The number of carbonyl (C=O) groups excluding carboxylic acids is 1. The van der Waals surface area contributed by atoms with Gasteiger partial charge in [-0.25, -0.2) is 14.8 Å². The number of halogens is 1. The van der Waals surface area contributed by atoms with Crippen LogP contribution in [0.1, 0.15) is 45.1 Å². The van der Waals surface area contributed by atoms with Crippen molar-refractivity contribution in [2.75, 3.05) is 13.1 Å². The zero-order chi connectivity index (χ0) is 18.2. The van der Waals surface area contributed by atoms with Crippen molar-refractivity contribution < 1.29 is 9.53 Å². The van der Waals surface area contributed by atoms with Crippen LogP contribution < -0.4 is 5.56 Å². The number of aromatic nitrogens is 3. The van der Waals surface area contributed by atoms with Gasteiger partial charge in [0, 0.05) is 18.7 Å². The van der Waals surface area contributed by atoms with Crippen molar-refractivity contribution >= 4 is 28.7 Å². The summed E-state index contributed by atoms with van der Waals surface area (Å²) in [4.78, 5) is 37.0. The highest BCUT2D eigenvalue weighted by atomic mass is 35.5. The van der Waals surface area contributed by atoms with Gasteiger partial charge in [-0.3, -0.25) is 4.79 Å². The number of hydrogen-bond acceptors (Lipinski definition) is 5. The number of nitrogens with zero attached hydrogens (tertiary/aromatic N) is 3. The van der Waals surface area contributed by atoms with Gasteiger partial charge in [0.2, 0.25) is 0 Å². The Morgan fingerprint density at radius 1 is 1.32 bits per heavy atom. The van der Waals surface area contributed by atoms with E-state index in [-0.39, 0.29) is 17.6 Å². The van der Waals surface area contributed by atoms with Crippen LogP contribution in [0.4, 0.5) is 4.79 Å². The lowest BCUT2D eigenvalue weighted by Crippen LogP contribution is -2.41. The maximum absolute atomic E-state index is 12.4. The Kier molecular flexibility index (Phi) is 4.69. The van der Waals surface area contributed by atoms with E-state index in [0.717, 1.165) is 0 Å². The summed E-state index contributed by atoms with van der Waals surface area (Å²) in [5, 5.41) is 0.946. The lowest BCUT2D eigenvalue weighted by Gasteiger charge is -2.33. The number of hydrogen-bond donors (Lipinski definition) is 1. The van der Waals surface area contributed by atoms with Gasteiger partial charge in [0.25, 0.3) is 5.56 Å². The molecule has 1 aliphatic rings. The number of carbonyl (C=O) groups is 1. The summed E-state index contributed by atoms with van der Waals surface area (Å²) in [7, 11) is 0. The van der Waals surface area contributed by atoms with Gasteiger partial charge in [0.15, 0.2) is 0 Å². The van der Waals surface area contributed by atoms with E-state index in [1.54, 1.807) is 11.0 Å². The van der Waals surface area contributed by atoms with Gasteiger partial charge in [0.1, 0.15) is 22.7 Å². The number of nitrogens with one attached hydrogen (secondary N) is 1. The van der Waals surface area contributed by atoms with Crippen LogP contribution in [-0.4, -0.2) is 44.6 Å². The lowest BCUT2D eigenvalue weighted by molar-refractivity contribution is 0.0204. The third kappa shape index (κ3) is 3.92. The molecule has 25 heavy (non-hydrogen) atoms. The Morgan fingerprint density at radius 3 is 2.64 bits per heavy atom. The van der Waals surface area contributed by atoms with E-state index in [9.17, 15) is 9.59 Å². The third-order valence-corrected chi connectivity index (χ3v) is 4.52. The van der Waals surface area contributed by atoms with Crippen LogP contribution in [0, 0.1) is 0 Å². The minimum atomic E-state index is -0.514. The van der Waals surface area contributed by atoms with E-state index < -0.39 is 5.60 Å². The van der Waals surface area contributed by atoms with Crippen LogP contribution in [0.3, 0.4) is 0 Å². The van der Waals surface area contributed by atoms with Crippen LogP contribution in [0.25, 0.3) is 11.0 Å². The number of piperidine rings is 1. The minimum absolute atomic E-state index is 0.0584. The van der Waals surface area contributed by atoms with Gasteiger partial charge >= 0.3 is 6.09 Å². The average Bonchev–Trinajstić information content (AvgIpc) is 2.53. The first-order chi connectivity index (χ1) is 11.7. The van der Waals surface area contributed by atoms with E-state index in [1.807, 2.05) is 20.8 Å². The number of likely N-dealkylation sites (tertiary alicyclic amines) is 1. The first-order valence-electron chi connectivity index (χ1n) is 8.26. The van der Waals surface area contributed by atoms with Crippen LogP contribution >= 0.6 is 11.6 Å². The number of pyridine rings is 1. The molecule has 0 aromatic carbocycles. The van der Waals surface area contributed by atoms with Gasteiger partial charge in [-0.15, -0.1) is 0 Å². The van der Waals surface area contributed by atoms with Gasteiger partial charge in [-0.1, -0.05) is 11.6 Å². The predicted molar refractivity (Wildman–Crippen MR) is 95.0 cm³/mol. The molecule has 2 aromatic heterocycles. The Labute approximate surface area is 150 Å². The molecule has 3 rings (SSSR count). The lowest BCUT2D eigenvalue weighted by atomic mass is 9.90. The molecule has 1 aliphatic heterocycles. The van der Waals surface area contributed by atoms with Crippen molar-refractivity contribution in [1.29, 1.82) is 0 Å². The second-order valence-electron chi connectivity index (χ2n) is 7.22. The van der Waals surface area contributed by atoms with Crippen LogP contribution in [-0.2, 0) is 4.74 Å². The minimum Gasteiger partial charge on any atom is -0.444 e. The standard InChI is InChI=1S/C17H21ClN4O3/c1-17(2,3)25-16(24)22-6-4-10(5-7-22)11-8-12-13(18)19-9-20-14(12)21-15(11)23/h8-10H,4-7H2,1-3H3,(H,19,20,21,23). The average molecular weight is 365 g/mol. The Balaban J connectivity index is 1.76. The SMILES string of the molecule is CC(C)(C)OC(=O)N1CCC(c2cc3c(Cl)ncnc3[nH]c2=O)CC1. The predicted octanol–water partition coefficient (Wildman–Crippen LogP) is 3.09. The first-order valence-corrected chi connectivity index (χ1v) is 8.64. The summed E-state index contributed by atoms with van der Waals surface area (Å²) >= 11 is 6.10. The largest absolute Gasteiger partial charge is 0.444 e. The smallest absolute Gasteiger partial charge is 0.410 e. The van der Waals surface area contributed by atoms with Crippen LogP contribution in [0.5, 0.6) is 0 Å². The van der Waals surface area contributed by atoms with Crippen molar-refractivity contribution in [2.24, 2.45) is 0 Å². The van der Waals surface area contributed by atoms with Gasteiger partial charge in [0.05, 0.1) is 5.39 Å². The summed E-state index contributed by atoms with van der Waals surface area (Å²) in [6.45, 7) is 6.64. The molecule has 0 radical (unpaired) electrons. The molecular weight excluding hydrogens is 344 g/mol. The summed E-state index contributed by atoms with van der Waals surface area (Å²) < 4.78 is 5.40. The quantitative estimate of drug-likeness (QED) is 0.785. The highest BCUT2D eigenvalue weighted by molar-refractivity contribution is 6.33. The van der Waals surface area contributed by atoms with Crippen molar-refractivity contribution in [3.05, 3.63) is 33.5 Å². The molecule has 8 heteroatoms. The molecule has 1 fully saturated rings. The van der Waals surface area contributed by atoms with E-state index in [2.05, 4.69) is 15.0 Å². The molecule has 0 atom stereocenters. The monoisotopic (exact) mass is 364 g/mol. The van der Waals surface area contributed by atoms with E-state index >= 15 is 0 Å². The van der Waals surface area contributed by atoms with Gasteiger partial charge in [-0.2, -0.15) is 0 Å². The molecule has 0 saturated carbocycles. The summed E-state index contributed by atoms with van der Waals surface area (Å²) in [5.41, 5.74) is 0.408. The molecule has 1 amide bonds.